The third kappa shape index (κ3) is 3.32. The quantitative estimate of drug-likeness (QED) is 0.824. The number of anilines is 1. The average Bonchev–Trinajstić information content (AvgIpc) is 2.45. The molecule has 1 fully saturated rings. The van der Waals surface area contributed by atoms with Gasteiger partial charge in [0.1, 0.15) is 10.8 Å². The highest BCUT2D eigenvalue weighted by molar-refractivity contribution is 7.80. The minimum absolute atomic E-state index is 0.0884. The van der Waals surface area contributed by atoms with Gasteiger partial charge >= 0.3 is 0 Å². The summed E-state index contributed by atoms with van der Waals surface area (Å²) < 4.78 is 0. The summed E-state index contributed by atoms with van der Waals surface area (Å²) in [6.07, 6.45) is 1.65. The minimum Gasteiger partial charge on any atom is -0.389 e. The van der Waals surface area contributed by atoms with Gasteiger partial charge in [0.2, 0.25) is 5.91 Å². The zero-order valence-electron chi connectivity index (χ0n) is 12.8. The summed E-state index contributed by atoms with van der Waals surface area (Å²) in [5.74, 6) is 1.07. The van der Waals surface area contributed by atoms with E-state index < -0.39 is 0 Å². The maximum absolute atomic E-state index is 11.7. The van der Waals surface area contributed by atoms with Crippen LogP contribution in [-0.4, -0.2) is 36.0 Å². The van der Waals surface area contributed by atoms with Crippen LogP contribution in [0.25, 0.3) is 0 Å². The van der Waals surface area contributed by atoms with Crippen molar-refractivity contribution < 1.29 is 4.79 Å². The van der Waals surface area contributed by atoms with E-state index in [9.17, 15) is 4.79 Å². The fourth-order valence-corrected chi connectivity index (χ4v) is 3.16. The Kier molecular flexibility index (Phi) is 4.77. The van der Waals surface area contributed by atoms with Crippen LogP contribution in [0.4, 0.5) is 5.82 Å². The molecule has 1 aliphatic heterocycles. The van der Waals surface area contributed by atoms with Gasteiger partial charge in [-0.15, -0.1) is 0 Å². The van der Waals surface area contributed by atoms with Crippen LogP contribution >= 0.6 is 12.2 Å². The lowest BCUT2D eigenvalue weighted by Gasteiger charge is -2.33. The summed E-state index contributed by atoms with van der Waals surface area (Å²) in [5.41, 5.74) is 8.73. The predicted molar refractivity (Wildman–Crippen MR) is 88.6 cm³/mol. The molecule has 5 nitrogen and oxygen atoms in total. The van der Waals surface area contributed by atoms with Gasteiger partial charge in [-0.1, -0.05) is 12.2 Å². The molecule has 6 heteroatoms. The van der Waals surface area contributed by atoms with Gasteiger partial charge in [-0.3, -0.25) is 4.79 Å². The Balaban J connectivity index is 2.24. The van der Waals surface area contributed by atoms with Crippen molar-refractivity contribution in [3.63, 3.8) is 0 Å². The van der Waals surface area contributed by atoms with Crippen molar-refractivity contribution >= 4 is 28.9 Å². The van der Waals surface area contributed by atoms with E-state index in [2.05, 4.69) is 15.2 Å². The van der Waals surface area contributed by atoms with Crippen LogP contribution in [0.1, 0.15) is 29.7 Å². The molecule has 0 radical (unpaired) electrons. The second-order valence-corrected chi connectivity index (χ2v) is 5.96. The monoisotopic (exact) mass is 306 g/mol. The van der Waals surface area contributed by atoms with Crippen molar-refractivity contribution in [1.29, 1.82) is 0 Å². The number of aromatic nitrogens is 1. The zero-order chi connectivity index (χ0) is 15.6. The Morgan fingerprint density at radius 2 is 2.05 bits per heavy atom. The number of piperidine rings is 1. The molecule has 0 aromatic carbocycles. The van der Waals surface area contributed by atoms with E-state index in [4.69, 9.17) is 18.0 Å². The average molecular weight is 306 g/mol. The molecule has 1 amide bonds. The molecule has 21 heavy (non-hydrogen) atoms. The molecule has 1 aliphatic rings. The van der Waals surface area contributed by atoms with Crippen LogP contribution in [0, 0.1) is 19.8 Å². The molecule has 114 valence electrons. The summed E-state index contributed by atoms with van der Waals surface area (Å²) in [7, 11) is 1.69. The van der Waals surface area contributed by atoms with Gasteiger partial charge in [0.05, 0.1) is 5.56 Å². The molecular formula is C15H22N4OS. The second-order valence-electron chi connectivity index (χ2n) is 5.52. The van der Waals surface area contributed by atoms with Crippen LogP contribution in [0.2, 0.25) is 0 Å². The number of aryl methyl sites for hydroxylation is 2. The number of carbonyl (C=O) groups excluding carboxylic acids is 1. The number of nitrogens with zero attached hydrogens (tertiary/aromatic N) is 2. The van der Waals surface area contributed by atoms with E-state index in [0.29, 0.717) is 4.99 Å². The van der Waals surface area contributed by atoms with E-state index in [-0.39, 0.29) is 11.8 Å². The minimum atomic E-state index is 0.0884. The van der Waals surface area contributed by atoms with E-state index in [1.807, 2.05) is 19.9 Å². The third-order valence-electron chi connectivity index (χ3n) is 3.98. The lowest BCUT2D eigenvalue weighted by molar-refractivity contribution is -0.125. The first-order valence-corrected chi connectivity index (χ1v) is 7.59. The van der Waals surface area contributed by atoms with Crippen LogP contribution in [0.5, 0.6) is 0 Å². The van der Waals surface area contributed by atoms with Crippen molar-refractivity contribution in [2.75, 3.05) is 25.0 Å². The van der Waals surface area contributed by atoms with Gasteiger partial charge in [-0.2, -0.15) is 0 Å². The van der Waals surface area contributed by atoms with Crippen molar-refractivity contribution in [2.45, 2.75) is 26.7 Å². The summed E-state index contributed by atoms with van der Waals surface area (Å²) in [6, 6.07) is 2.00. The summed E-state index contributed by atoms with van der Waals surface area (Å²) in [6.45, 7) is 5.56. The lowest BCUT2D eigenvalue weighted by atomic mass is 9.95. The highest BCUT2D eigenvalue weighted by Gasteiger charge is 2.27. The standard InChI is InChI=1S/C15H22N4OS/c1-9-8-10(2)18-14(12(9)13(16)21)19-6-4-11(5-7-19)15(20)17-3/h8,11H,4-7H2,1-3H3,(H2,16,21)(H,17,20). The van der Waals surface area contributed by atoms with Crippen molar-refractivity contribution in [3.8, 4) is 0 Å². The molecule has 1 saturated heterocycles. The molecule has 2 heterocycles. The van der Waals surface area contributed by atoms with Gasteiger partial charge in [-0.05, 0) is 38.3 Å². The molecule has 2 rings (SSSR count). The SMILES string of the molecule is CNC(=O)C1CCN(c2nc(C)cc(C)c2C(N)=S)CC1. The fourth-order valence-electron chi connectivity index (χ4n) is 2.91. The Morgan fingerprint density at radius 1 is 1.43 bits per heavy atom. The molecule has 0 spiro atoms. The van der Waals surface area contributed by atoms with Crippen molar-refractivity contribution in [2.24, 2.45) is 11.7 Å². The van der Waals surface area contributed by atoms with Crippen molar-refractivity contribution in [3.05, 3.63) is 22.9 Å². The second kappa shape index (κ2) is 6.39. The zero-order valence-corrected chi connectivity index (χ0v) is 13.6. The molecule has 1 aromatic rings. The number of pyridine rings is 1. The smallest absolute Gasteiger partial charge is 0.222 e. The first kappa shape index (κ1) is 15.7. The highest BCUT2D eigenvalue weighted by Crippen LogP contribution is 2.27. The normalized spacial score (nSPS) is 15.9. The van der Waals surface area contributed by atoms with Crippen LogP contribution in [0.15, 0.2) is 6.07 Å². The van der Waals surface area contributed by atoms with Gasteiger partial charge in [-0.25, -0.2) is 4.98 Å². The molecular weight excluding hydrogens is 284 g/mol. The number of rotatable bonds is 3. The molecule has 0 saturated carbocycles. The summed E-state index contributed by atoms with van der Waals surface area (Å²) in [5, 5.41) is 2.72. The number of hydrogen-bond donors (Lipinski definition) is 2. The summed E-state index contributed by atoms with van der Waals surface area (Å²) >= 11 is 5.18. The lowest BCUT2D eigenvalue weighted by Crippen LogP contribution is -2.40. The topological polar surface area (TPSA) is 71.2 Å². The number of carbonyl (C=O) groups is 1. The Bertz CT molecular complexity index is 565. The molecule has 0 atom stereocenters. The Labute approximate surface area is 130 Å². The largest absolute Gasteiger partial charge is 0.389 e. The highest BCUT2D eigenvalue weighted by atomic mass is 32.1. The van der Waals surface area contributed by atoms with E-state index >= 15 is 0 Å². The molecule has 3 N–H and O–H groups in total. The third-order valence-corrected chi connectivity index (χ3v) is 4.19. The van der Waals surface area contributed by atoms with Gasteiger partial charge in [0.15, 0.2) is 0 Å². The van der Waals surface area contributed by atoms with Crippen LogP contribution in [0.3, 0.4) is 0 Å². The maximum atomic E-state index is 11.7. The molecule has 0 bridgehead atoms. The molecule has 0 unspecified atom stereocenters. The Morgan fingerprint density at radius 3 is 2.57 bits per heavy atom. The van der Waals surface area contributed by atoms with Crippen LogP contribution < -0.4 is 16.0 Å². The first-order valence-electron chi connectivity index (χ1n) is 7.18. The predicted octanol–water partition coefficient (Wildman–Crippen LogP) is 1.30. The molecule has 1 aromatic heterocycles. The number of hydrogen-bond acceptors (Lipinski definition) is 4. The fraction of sp³-hybridized carbons (Fsp3) is 0.533. The van der Waals surface area contributed by atoms with Gasteiger partial charge < -0.3 is 16.0 Å². The first-order chi connectivity index (χ1) is 9.93. The number of thiocarbonyl (C=S) groups is 1. The van der Waals surface area contributed by atoms with Crippen LogP contribution in [-0.2, 0) is 4.79 Å². The number of nitrogens with one attached hydrogen (secondary N) is 1. The van der Waals surface area contributed by atoms with Gasteiger partial charge in [0, 0.05) is 31.7 Å². The van der Waals surface area contributed by atoms with Gasteiger partial charge in [0.25, 0.3) is 0 Å². The van der Waals surface area contributed by atoms with E-state index in [1.165, 1.54) is 0 Å². The number of nitrogens with two attached hydrogens (primary N) is 1. The van der Waals surface area contributed by atoms with E-state index in [0.717, 1.165) is 48.6 Å². The number of amides is 1. The Hall–Kier alpha value is -1.69. The van der Waals surface area contributed by atoms with Crippen molar-refractivity contribution in [1.82, 2.24) is 10.3 Å². The maximum Gasteiger partial charge on any atom is 0.222 e. The van der Waals surface area contributed by atoms with E-state index in [1.54, 1.807) is 7.05 Å². The molecule has 0 aliphatic carbocycles. The summed E-state index contributed by atoms with van der Waals surface area (Å²) in [4.78, 5) is 18.9.